The first-order valence-electron chi connectivity index (χ1n) is 4.71. The summed E-state index contributed by atoms with van der Waals surface area (Å²) in [6.07, 6.45) is 1.63. The van der Waals surface area contributed by atoms with Crippen molar-refractivity contribution in [3.63, 3.8) is 0 Å². The average molecular weight is 330 g/mol. The van der Waals surface area contributed by atoms with Crippen LogP contribution in [-0.2, 0) is 4.79 Å². The molecule has 1 aliphatic heterocycles. The summed E-state index contributed by atoms with van der Waals surface area (Å²) >= 11 is 9.44. The number of aromatic hydroxyl groups is 1. The van der Waals surface area contributed by atoms with E-state index in [0.717, 1.165) is 10.0 Å². The zero-order valence-electron chi connectivity index (χ0n) is 8.78. The molecule has 1 amide bonds. The molecule has 0 unspecified atom stereocenters. The smallest absolute Gasteiger partial charge is 0.263 e. The fourth-order valence-corrected chi connectivity index (χ4v) is 3.06. The second-order valence-corrected chi connectivity index (χ2v) is 6.15. The topological polar surface area (TPSA) is 49.3 Å². The standard InChI is InChI=1S/C11H8BrNO2S2/c1-5-2-7(12)3-6(9(5)14)4-8-10(15)13-11(16)17-8/h2-4,14H,1H3,(H,13,15,16)/b8-4+. The highest BCUT2D eigenvalue weighted by Gasteiger charge is 2.22. The highest BCUT2D eigenvalue weighted by Crippen LogP contribution is 2.32. The first-order valence-corrected chi connectivity index (χ1v) is 6.73. The predicted octanol–water partition coefficient (Wildman–Crippen LogP) is 2.95. The van der Waals surface area contributed by atoms with E-state index in [2.05, 4.69) is 21.2 Å². The molecular formula is C11H8BrNO2S2. The van der Waals surface area contributed by atoms with Gasteiger partial charge in [0.05, 0.1) is 4.91 Å². The van der Waals surface area contributed by atoms with Crippen molar-refractivity contribution in [3.05, 3.63) is 32.6 Å². The normalized spacial score (nSPS) is 17.6. The fourth-order valence-electron chi connectivity index (χ4n) is 1.43. The van der Waals surface area contributed by atoms with E-state index in [4.69, 9.17) is 12.2 Å². The summed E-state index contributed by atoms with van der Waals surface area (Å²) in [6, 6.07) is 3.56. The molecule has 0 radical (unpaired) electrons. The Morgan fingerprint density at radius 1 is 1.53 bits per heavy atom. The summed E-state index contributed by atoms with van der Waals surface area (Å²) in [5.74, 6) is -0.0519. The number of carbonyl (C=O) groups is 1. The number of benzene rings is 1. The molecule has 1 aromatic rings. The van der Waals surface area contributed by atoms with Crippen molar-refractivity contribution in [1.29, 1.82) is 0 Å². The Labute approximate surface area is 116 Å². The van der Waals surface area contributed by atoms with E-state index in [1.807, 2.05) is 6.07 Å². The molecule has 1 aromatic carbocycles. The fraction of sp³-hybridized carbons (Fsp3) is 0.0909. The van der Waals surface area contributed by atoms with Gasteiger partial charge in [-0.25, -0.2) is 0 Å². The van der Waals surface area contributed by atoms with Crippen molar-refractivity contribution in [1.82, 2.24) is 5.32 Å². The minimum absolute atomic E-state index is 0.173. The number of thiocarbonyl (C=S) groups is 1. The molecule has 0 aliphatic carbocycles. The molecule has 0 saturated carbocycles. The number of phenols is 1. The van der Waals surface area contributed by atoms with Crippen molar-refractivity contribution in [2.45, 2.75) is 6.92 Å². The van der Waals surface area contributed by atoms with E-state index in [1.165, 1.54) is 11.8 Å². The molecule has 1 saturated heterocycles. The van der Waals surface area contributed by atoms with Crippen molar-refractivity contribution in [2.75, 3.05) is 0 Å². The van der Waals surface area contributed by atoms with Crippen LogP contribution >= 0.6 is 39.9 Å². The molecule has 2 N–H and O–H groups in total. The maximum absolute atomic E-state index is 11.5. The maximum atomic E-state index is 11.5. The van der Waals surface area contributed by atoms with E-state index >= 15 is 0 Å². The molecular weight excluding hydrogens is 322 g/mol. The van der Waals surface area contributed by atoms with Gasteiger partial charge < -0.3 is 10.4 Å². The lowest BCUT2D eigenvalue weighted by Gasteiger charge is -2.04. The zero-order chi connectivity index (χ0) is 12.6. The van der Waals surface area contributed by atoms with Crippen LogP contribution in [0.15, 0.2) is 21.5 Å². The van der Waals surface area contributed by atoms with Crippen molar-refractivity contribution in [2.24, 2.45) is 0 Å². The third-order valence-electron chi connectivity index (χ3n) is 2.22. The number of hydrogen-bond donors (Lipinski definition) is 2. The number of phenolic OH excluding ortho intramolecular Hbond substituents is 1. The van der Waals surface area contributed by atoms with E-state index in [9.17, 15) is 9.90 Å². The molecule has 17 heavy (non-hydrogen) atoms. The monoisotopic (exact) mass is 329 g/mol. The Hall–Kier alpha value is -0.850. The Kier molecular flexibility index (Phi) is 3.56. The highest BCUT2D eigenvalue weighted by atomic mass is 79.9. The van der Waals surface area contributed by atoms with Crippen LogP contribution in [0.3, 0.4) is 0 Å². The van der Waals surface area contributed by atoms with Gasteiger partial charge in [0.25, 0.3) is 5.91 Å². The first-order chi connectivity index (χ1) is 7.97. The number of aryl methyl sites for hydroxylation is 1. The Balaban J connectivity index is 2.46. The highest BCUT2D eigenvalue weighted by molar-refractivity contribution is 9.10. The van der Waals surface area contributed by atoms with Gasteiger partial charge in [-0.15, -0.1) is 0 Å². The number of halogens is 1. The van der Waals surface area contributed by atoms with Crippen LogP contribution in [0.25, 0.3) is 6.08 Å². The number of amides is 1. The summed E-state index contributed by atoms with van der Waals surface area (Å²) < 4.78 is 1.29. The lowest BCUT2D eigenvalue weighted by atomic mass is 10.1. The van der Waals surface area contributed by atoms with Crippen LogP contribution in [-0.4, -0.2) is 15.3 Å². The van der Waals surface area contributed by atoms with E-state index < -0.39 is 0 Å². The van der Waals surface area contributed by atoms with Crippen LogP contribution in [0, 0.1) is 6.92 Å². The number of nitrogens with one attached hydrogen (secondary N) is 1. The molecule has 1 aliphatic rings. The lowest BCUT2D eigenvalue weighted by molar-refractivity contribution is -0.115. The number of rotatable bonds is 1. The summed E-state index contributed by atoms with van der Waals surface area (Å²) in [4.78, 5) is 12.0. The summed E-state index contributed by atoms with van der Waals surface area (Å²) in [5.41, 5.74) is 1.34. The molecule has 1 fully saturated rings. The van der Waals surface area contributed by atoms with Crippen molar-refractivity contribution >= 4 is 56.2 Å². The number of thioether (sulfide) groups is 1. The Bertz CT molecular complexity index is 555. The van der Waals surface area contributed by atoms with Gasteiger partial charge in [-0.3, -0.25) is 4.79 Å². The van der Waals surface area contributed by atoms with Gasteiger partial charge in [-0.1, -0.05) is 39.9 Å². The van der Waals surface area contributed by atoms with Gasteiger partial charge in [-0.05, 0) is 30.7 Å². The van der Waals surface area contributed by atoms with Crippen LogP contribution in [0.1, 0.15) is 11.1 Å². The Morgan fingerprint density at radius 3 is 2.82 bits per heavy atom. The van der Waals surface area contributed by atoms with Crippen molar-refractivity contribution < 1.29 is 9.90 Å². The number of carbonyl (C=O) groups excluding carboxylic acids is 1. The van der Waals surface area contributed by atoms with E-state index in [-0.39, 0.29) is 11.7 Å². The minimum Gasteiger partial charge on any atom is -0.507 e. The molecule has 6 heteroatoms. The maximum Gasteiger partial charge on any atom is 0.263 e. The van der Waals surface area contributed by atoms with Crippen LogP contribution < -0.4 is 5.32 Å². The zero-order valence-corrected chi connectivity index (χ0v) is 12.0. The third kappa shape index (κ3) is 2.70. The average Bonchev–Trinajstić information content (AvgIpc) is 2.53. The Morgan fingerprint density at radius 2 is 2.24 bits per heavy atom. The predicted molar refractivity (Wildman–Crippen MR) is 76.9 cm³/mol. The second-order valence-electron chi connectivity index (χ2n) is 3.51. The SMILES string of the molecule is Cc1cc(Br)cc(/C=C2/SC(=S)NC2=O)c1O. The number of hydrogen-bond acceptors (Lipinski definition) is 4. The third-order valence-corrected chi connectivity index (χ3v) is 3.84. The molecule has 1 heterocycles. The van der Waals surface area contributed by atoms with E-state index in [0.29, 0.717) is 14.8 Å². The summed E-state index contributed by atoms with van der Waals surface area (Å²) in [5, 5.41) is 12.4. The summed E-state index contributed by atoms with van der Waals surface area (Å²) in [6.45, 7) is 1.80. The van der Waals surface area contributed by atoms with Gasteiger partial charge in [0.1, 0.15) is 10.1 Å². The molecule has 3 nitrogen and oxygen atoms in total. The second kappa shape index (κ2) is 4.80. The van der Waals surface area contributed by atoms with Gasteiger partial charge in [-0.2, -0.15) is 0 Å². The molecule has 88 valence electrons. The minimum atomic E-state index is -0.225. The molecule has 0 bridgehead atoms. The molecule has 0 atom stereocenters. The van der Waals surface area contributed by atoms with Crippen molar-refractivity contribution in [3.8, 4) is 5.75 Å². The molecule has 0 aromatic heterocycles. The molecule has 0 spiro atoms. The van der Waals surface area contributed by atoms with Gasteiger partial charge in [0.2, 0.25) is 0 Å². The first kappa shape index (κ1) is 12.6. The van der Waals surface area contributed by atoms with Crippen LogP contribution in [0.2, 0.25) is 0 Å². The van der Waals surface area contributed by atoms with Gasteiger partial charge in [0, 0.05) is 10.0 Å². The van der Waals surface area contributed by atoms with E-state index in [1.54, 1.807) is 19.1 Å². The van der Waals surface area contributed by atoms with Gasteiger partial charge >= 0.3 is 0 Å². The lowest BCUT2D eigenvalue weighted by Crippen LogP contribution is -2.17. The quantitative estimate of drug-likeness (QED) is 0.614. The largest absolute Gasteiger partial charge is 0.507 e. The van der Waals surface area contributed by atoms with Crippen LogP contribution in [0.4, 0.5) is 0 Å². The van der Waals surface area contributed by atoms with Crippen LogP contribution in [0.5, 0.6) is 5.75 Å². The molecule has 2 rings (SSSR count). The van der Waals surface area contributed by atoms with Gasteiger partial charge in [0.15, 0.2) is 0 Å². The summed E-state index contributed by atoms with van der Waals surface area (Å²) in [7, 11) is 0.